The molecule has 3 aliphatic rings. The number of halogens is 3. The second-order valence-electron chi connectivity index (χ2n) is 8.56. The van der Waals surface area contributed by atoms with Gasteiger partial charge in [-0.2, -0.15) is 13.2 Å². The van der Waals surface area contributed by atoms with Crippen LogP contribution in [0.4, 0.5) is 24.5 Å². The Morgan fingerprint density at radius 1 is 1.10 bits per heavy atom. The lowest BCUT2D eigenvalue weighted by atomic mass is 10.0. The summed E-state index contributed by atoms with van der Waals surface area (Å²) < 4.78 is 40.3. The lowest BCUT2D eigenvalue weighted by Crippen LogP contribution is -2.30. The molecule has 0 amide bonds. The summed E-state index contributed by atoms with van der Waals surface area (Å²) in [6, 6.07) is 6.03. The second kappa shape index (κ2) is 9.24. The van der Waals surface area contributed by atoms with Gasteiger partial charge in [-0.05, 0) is 41.9 Å². The average molecular weight is 452 g/mol. The highest BCUT2D eigenvalue weighted by Gasteiger charge is 2.36. The summed E-state index contributed by atoms with van der Waals surface area (Å²) in [6.45, 7) is 3.77. The Labute approximate surface area is 185 Å². The van der Waals surface area contributed by atoms with Crippen LogP contribution in [-0.2, 0) is 13.1 Å². The molecule has 0 atom stereocenters. The first kappa shape index (κ1) is 22.2. The van der Waals surface area contributed by atoms with E-state index in [1.807, 2.05) is 12.1 Å². The van der Waals surface area contributed by atoms with E-state index >= 15 is 0 Å². The van der Waals surface area contributed by atoms with Crippen molar-refractivity contribution < 1.29 is 13.2 Å². The van der Waals surface area contributed by atoms with Gasteiger partial charge in [-0.25, -0.2) is 14.3 Å². The number of rotatable bonds is 4. The molecule has 31 heavy (non-hydrogen) atoms. The van der Waals surface area contributed by atoms with Gasteiger partial charge in [0.15, 0.2) is 0 Å². The molecular weight excluding hydrogens is 423 g/mol. The molecule has 2 aromatic rings. The number of aromatic nitrogens is 2. The lowest BCUT2D eigenvalue weighted by molar-refractivity contribution is -0.0363. The number of anilines is 2. The van der Waals surface area contributed by atoms with Crippen LogP contribution in [0, 0.1) is 5.92 Å². The van der Waals surface area contributed by atoms with Crippen LogP contribution in [0.5, 0.6) is 0 Å². The van der Waals surface area contributed by atoms with E-state index in [1.54, 1.807) is 12.4 Å². The molecule has 1 aromatic heterocycles. The number of hydrogen-bond donors (Lipinski definition) is 1. The van der Waals surface area contributed by atoms with Crippen LogP contribution < -0.4 is 10.6 Å². The molecule has 0 unspecified atom stereocenters. The fraction of sp³-hybridized carbons (Fsp3) is 0.545. The number of hydrogen-bond acceptors (Lipinski definition) is 6. The highest BCUT2D eigenvalue weighted by Crippen LogP contribution is 2.46. The monoisotopic (exact) mass is 451 g/mol. The Bertz CT molecular complexity index is 882. The molecule has 2 saturated carbocycles. The Morgan fingerprint density at radius 3 is 2.35 bits per heavy atom. The molecule has 5 rings (SSSR count). The van der Waals surface area contributed by atoms with Gasteiger partial charge in [0.1, 0.15) is 5.82 Å². The van der Waals surface area contributed by atoms with Crippen molar-refractivity contribution in [2.75, 3.05) is 23.7 Å². The van der Waals surface area contributed by atoms with Crippen molar-refractivity contribution in [3.63, 3.8) is 0 Å². The number of benzene rings is 1. The maximum absolute atomic E-state index is 13.0. The van der Waals surface area contributed by atoms with Crippen molar-refractivity contribution >= 4 is 23.3 Å². The molecule has 1 aliphatic heterocycles. The molecule has 9 heteroatoms. The van der Waals surface area contributed by atoms with E-state index in [4.69, 9.17) is 5.73 Å². The molecular formula is C22H28F3N5S. The molecule has 2 heterocycles. The van der Waals surface area contributed by atoms with Crippen molar-refractivity contribution in [3.05, 3.63) is 47.5 Å². The lowest BCUT2D eigenvalue weighted by Gasteiger charge is -2.25. The van der Waals surface area contributed by atoms with Crippen LogP contribution in [0.15, 0.2) is 30.6 Å². The average Bonchev–Trinajstić information content (AvgIpc) is 3.61. The van der Waals surface area contributed by atoms with E-state index in [-0.39, 0.29) is 18.5 Å². The van der Waals surface area contributed by atoms with Crippen LogP contribution >= 0.6 is 11.9 Å². The maximum Gasteiger partial charge on any atom is 0.456 e. The zero-order valence-electron chi connectivity index (χ0n) is 17.6. The largest absolute Gasteiger partial charge is 0.456 e. The smallest absolute Gasteiger partial charge is 0.396 e. The molecule has 2 N–H and O–H groups in total. The Hall–Kier alpha value is -2.00. The normalized spacial score (nSPS) is 19.3. The first-order valence-corrected chi connectivity index (χ1v) is 11.5. The molecule has 0 saturated heterocycles. The summed E-state index contributed by atoms with van der Waals surface area (Å²) in [5.41, 5.74) is 4.98. The molecule has 0 radical (unpaired) electrons. The number of alkyl halides is 3. The maximum atomic E-state index is 13.0. The SMILES string of the molecule is CC1CC1.Nc1cnc(CN2CCN(SC(F)(F)F)Cc3c(C4CC4)cccc32)nc1. The molecule has 1 aromatic carbocycles. The fourth-order valence-corrected chi connectivity index (χ4v) is 4.28. The van der Waals surface area contributed by atoms with Crippen molar-refractivity contribution in [1.82, 2.24) is 14.3 Å². The van der Waals surface area contributed by atoms with Crippen molar-refractivity contribution in [2.45, 2.75) is 57.1 Å². The highest BCUT2D eigenvalue weighted by molar-refractivity contribution is 7.97. The van der Waals surface area contributed by atoms with Gasteiger partial charge in [0, 0.05) is 37.3 Å². The third-order valence-electron chi connectivity index (χ3n) is 5.66. The minimum absolute atomic E-state index is 0.0354. The van der Waals surface area contributed by atoms with Gasteiger partial charge in [0.25, 0.3) is 0 Å². The number of fused-ring (bicyclic) bond motifs is 1. The Balaban J connectivity index is 0.000000520. The highest BCUT2D eigenvalue weighted by atomic mass is 32.2. The Morgan fingerprint density at radius 2 is 1.77 bits per heavy atom. The molecule has 0 spiro atoms. The minimum Gasteiger partial charge on any atom is -0.396 e. The molecule has 2 aliphatic carbocycles. The summed E-state index contributed by atoms with van der Waals surface area (Å²) in [7, 11) is 0. The topological polar surface area (TPSA) is 58.3 Å². The second-order valence-corrected chi connectivity index (χ2v) is 9.72. The summed E-state index contributed by atoms with van der Waals surface area (Å²) in [4.78, 5) is 10.6. The van der Waals surface area contributed by atoms with E-state index in [0.717, 1.165) is 30.0 Å². The quantitative estimate of drug-likeness (QED) is 0.633. The van der Waals surface area contributed by atoms with Gasteiger partial charge >= 0.3 is 5.51 Å². The van der Waals surface area contributed by atoms with Gasteiger partial charge in [-0.1, -0.05) is 31.9 Å². The van der Waals surface area contributed by atoms with E-state index in [0.29, 0.717) is 37.1 Å². The zero-order chi connectivity index (χ0) is 22.0. The van der Waals surface area contributed by atoms with Gasteiger partial charge in [0.05, 0.1) is 24.6 Å². The van der Waals surface area contributed by atoms with E-state index in [2.05, 4.69) is 27.9 Å². The van der Waals surface area contributed by atoms with Crippen molar-refractivity contribution in [3.8, 4) is 0 Å². The third-order valence-corrected chi connectivity index (χ3v) is 6.43. The number of nitrogen functional groups attached to an aromatic ring is 1. The summed E-state index contributed by atoms with van der Waals surface area (Å²) in [5.74, 6) is 2.15. The van der Waals surface area contributed by atoms with Crippen LogP contribution in [0.2, 0.25) is 0 Å². The minimum atomic E-state index is -4.29. The molecule has 168 valence electrons. The summed E-state index contributed by atoms with van der Waals surface area (Å²) in [5, 5.41) is 0. The predicted molar refractivity (Wildman–Crippen MR) is 118 cm³/mol. The Kier molecular flexibility index (Phi) is 6.62. The van der Waals surface area contributed by atoms with Gasteiger partial charge in [-0.3, -0.25) is 0 Å². The van der Waals surface area contributed by atoms with E-state index in [9.17, 15) is 13.2 Å². The van der Waals surface area contributed by atoms with Crippen LogP contribution in [0.25, 0.3) is 0 Å². The van der Waals surface area contributed by atoms with Crippen molar-refractivity contribution in [1.29, 1.82) is 0 Å². The van der Waals surface area contributed by atoms with Gasteiger partial charge in [-0.15, -0.1) is 0 Å². The van der Waals surface area contributed by atoms with E-state index < -0.39 is 5.51 Å². The fourth-order valence-electron chi connectivity index (χ4n) is 3.62. The third kappa shape index (κ3) is 6.49. The summed E-state index contributed by atoms with van der Waals surface area (Å²) in [6.07, 6.45) is 8.27. The standard InChI is InChI=1S/C18H20F3N5S.C4H8/c19-18(20,21)27-26-7-6-25(11-17-23-8-13(22)9-24-17)16-3-1-2-14(12-4-5-12)15(16)10-26;1-4-2-3-4/h1-3,8-9,12H,4-7,10-11,22H2;4H,2-3H2,1H3. The molecule has 2 fully saturated rings. The van der Waals surface area contributed by atoms with Gasteiger partial charge < -0.3 is 10.6 Å². The summed E-state index contributed by atoms with van der Waals surface area (Å²) >= 11 is -0.0354. The number of nitrogens with two attached hydrogens (primary N) is 1. The predicted octanol–water partition coefficient (Wildman–Crippen LogP) is 5.34. The zero-order valence-corrected chi connectivity index (χ0v) is 18.4. The van der Waals surface area contributed by atoms with Gasteiger partial charge in [0.2, 0.25) is 0 Å². The van der Waals surface area contributed by atoms with Crippen molar-refractivity contribution in [2.24, 2.45) is 5.92 Å². The molecule has 5 nitrogen and oxygen atoms in total. The molecule has 0 bridgehead atoms. The number of nitrogens with zero attached hydrogens (tertiary/aromatic N) is 4. The van der Waals surface area contributed by atoms with Crippen LogP contribution in [-0.4, -0.2) is 32.9 Å². The first-order valence-electron chi connectivity index (χ1n) is 10.7. The van der Waals surface area contributed by atoms with Crippen LogP contribution in [0.3, 0.4) is 0 Å². The first-order chi connectivity index (χ1) is 14.8. The van der Waals surface area contributed by atoms with E-state index in [1.165, 1.54) is 22.7 Å². The van der Waals surface area contributed by atoms with Crippen LogP contribution in [0.1, 0.15) is 55.5 Å².